The maximum Gasteiger partial charge on any atom is 0.422 e. The highest BCUT2D eigenvalue weighted by Gasteiger charge is 2.72. The molecule has 6 nitrogen and oxygen atoms in total. The van der Waals surface area contributed by atoms with Gasteiger partial charge in [0.25, 0.3) is 0 Å². The lowest BCUT2D eigenvalue weighted by atomic mass is 9.88. The molecule has 9 heteroatoms. The molecule has 0 aromatic heterocycles. The van der Waals surface area contributed by atoms with Crippen molar-refractivity contribution in [3.05, 3.63) is 0 Å². The monoisotopic (exact) mass is 285 g/mol. The van der Waals surface area contributed by atoms with E-state index in [1.807, 2.05) is 0 Å². The van der Waals surface area contributed by atoms with Crippen molar-refractivity contribution in [1.82, 2.24) is 5.06 Å². The van der Waals surface area contributed by atoms with E-state index in [2.05, 4.69) is 4.74 Å². The summed E-state index contributed by atoms with van der Waals surface area (Å²) in [6.07, 6.45) is -7.16. The summed E-state index contributed by atoms with van der Waals surface area (Å²) >= 11 is 0. The predicted molar refractivity (Wildman–Crippen MR) is 53.8 cm³/mol. The van der Waals surface area contributed by atoms with Crippen LogP contribution in [0, 0.1) is 0 Å². The van der Waals surface area contributed by atoms with Gasteiger partial charge in [-0.3, -0.25) is 4.84 Å². The number of ether oxygens (including phenoxy) is 2. The molecule has 0 aliphatic carbocycles. The number of hydrogen-bond donors (Lipinski definition) is 1. The minimum absolute atomic E-state index is 0.0406. The van der Waals surface area contributed by atoms with Crippen LogP contribution in [0.15, 0.2) is 0 Å². The Balaban J connectivity index is 2.33. The normalized spacial score (nSPS) is 36.1. The standard InChI is InChI=1S/C10H14F3NO5/c1-2-18-8(15)7-9(16,10(11,12)13)6-5-17-4-3-14(6)19-7/h6-7,16H,2-5H2,1H3/t6-,7-,9-/m0/s1. The zero-order chi connectivity index (χ0) is 14.3. The highest BCUT2D eigenvalue weighted by atomic mass is 19.4. The molecule has 2 aliphatic heterocycles. The number of alkyl halides is 3. The van der Waals surface area contributed by atoms with E-state index in [9.17, 15) is 23.1 Å². The number of aliphatic hydroxyl groups is 1. The lowest BCUT2D eigenvalue weighted by Gasteiger charge is -2.36. The van der Waals surface area contributed by atoms with Crippen molar-refractivity contribution < 1.29 is 37.4 Å². The Morgan fingerprint density at radius 3 is 2.84 bits per heavy atom. The van der Waals surface area contributed by atoms with Gasteiger partial charge in [-0.05, 0) is 6.92 Å². The molecule has 2 fully saturated rings. The number of hydrogen-bond acceptors (Lipinski definition) is 6. The lowest BCUT2D eigenvalue weighted by molar-refractivity contribution is -0.280. The first-order valence-electron chi connectivity index (χ1n) is 5.79. The number of rotatable bonds is 2. The summed E-state index contributed by atoms with van der Waals surface area (Å²) < 4.78 is 48.9. The van der Waals surface area contributed by atoms with Crippen LogP contribution in [0.25, 0.3) is 0 Å². The van der Waals surface area contributed by atoms with Crippen LogP contribution >= 0.6 is 0 Å². The summed E-state index contributed by atoms with van der Waals surface area (Å²) in [5.74, 6) is -1.24. The number of morpholine rings is 1. The maximum atomic E-state index is 13.1. The molecule has 0 aromatic carbocycles. The summed E-state index contributed by atoms with van der Waals surface area (Å²) in [5, 5.41) is 11.0. The van der Waals surface area contributed by atoms with Crippen molar-refractivity contribution in [2.45, 2.75) is 30.8 Å². The maximum absolute atomic E-state index is 13.1. The van der Waals surface area contributed by atoms with E-state index >= 15 is 0 Å². The van der Waals surface area contributed by atoms with Crippen LogP contribution in [0.2, 0.25) is 0 Å². The van der Waals surface area contributed by atoms with E-state index in [1.165, 1.54) is 6.92 Å². The Kier molecular flexibility index (Phi) is 3.74. The van der Waals surface area contributed by atoms with Gasteiger partial charge in [-0.25, -0.2) is 4.79 Å². The van der Waals surface area contributed by atoms with Gasteiger partial charge in [0.1, 0.15) is 0 Å². The van der Waals surface area contributed by atoms with Crippen LogP contribution in [0.1, 0.15) is 6.92 Å². The number of hydroxylamine groups is 2. The molecule has 0 amide bonds. The van der Waals surface area contributed by atoms with Gasteiger partial charge in [0, 0.05) is 6.54 Å². The molecule has 2 saturated heterocycles. The molecule has 0 spiro atoms. The van der Waals surface area contributed by atoms with Crippen molar-refractivity contribution in [1.29, 1.82) is 0 Å². The Labute approximate surface area is 107 Å². The average Bonchev–Trinajstić information content (AvgIpc) is 2.65. The average molecular weight is 285 g/mol. The molecule has 110 valence electrons. The minimum Gasteiger partial charge on any atom is -0.464 e. The highest BCUT2D eigenvalue weighted by Crippen LogP contribution is 2.45. The third-order valence-corrected chi connectivity index (χ3v) is 3.18. The summed E-state index contributed by atoms with van der Waals surface area (Å²) in [5.41, 5.74) is -3.33. The fourth-order valence-electron chi connectivity index (χ4n) is 2.23. The second-order valence-corrected chi connectivity index (χ2v) is 4.29. The molecule has 2 heterocycles. The summed E-state index contributed by atoms with van der Waals surface area (Å²) in [4.78, 5) is 16.5. The first-order valence-corrected chi connectivity index (χ1v) is 5.79. The van der Waals surface area contributed by atoms with Gasteiger partial charge in [0.15, 0.2) is 0 Å². The second kappa shape index (κ2) is 4.89. The largest absolute Gasteiger partial charge is 0.464 e. The van der Waals surface area contributed by atoms with Gasteiger partial charge >= 0.3 is 12.1 Å². The van der Waals surface area contributed by atoms with Crippen molar-refractivity contribution in [3.63, 3.8) is 0 Å². The van der Waals surface area contributed by atoms with Gasteiger partial charge in [-0.2, -0.15) is 18.2 Å². The van der Waals surface area contributed by atoms with Gasteiger partial charge in [-0.1, -0.05) is 0 Å². The fraction of sp³-hybridized carbons (Fsp3) is 0.900. The summed E-state index contributed by atoms with van der Waals surface area (Å²) in [6.45, 7) is 1.19. The molecule has 19 heavy (non-hydrogen) atoms. The summed E-state index contributed by atoms with van der Waals surface area (Å²) in [6, 6.07) is -1.48. The van der Waals surface area contributed by atoms with E-state index in [-0.39, 0.29) is 26.4 Å². The molecule has 2 aliphatic rings. The van der Waals surface area contributed by atoms with E-state index in [0.29, 0.717) is 0 Å². The third-order valence-electron chi connectivity index (χ3n) is 3.18. The molecular weight excluding hydrogens is 271 g/mol. The highest BCUT2D eigenvalue weighted by molar-refractivity contribution is 5.77. The minimum atomic E-state index is -5.04. The van der Waals surface area contributed by atoms with Gasteiger partial charge < -0.3 is 14.6 Å². The number of esters is 1. The molecule has 3 atom stereocenters. The first kappa shape index (κ1) is 14.5. The second-order valence-electron chi connectivity index (χ2n) is 4.29. The lowest BCUT2D eigenvalue weighted by Crippen LogP contribution is -2.64. The van der Waals surface area contributed by atoms with Crippen molar-refractivity contribution in [3.8, 4) is 0 Å². The molecular formula is C10H14F3NO5. The topological polar surface area (TPSA) is 68.2 Å². The summed E-state index contributed by atoms with van der Waals surface area (Å²) in [7, 11) is 0. The first-order chi connectivity index (χ1) is 8.82. The zero-order valence-corrected chi connectivity index (χ0v) is 10.1. The fourth-order valence-corrected chi connectivity index (χ4v) is 2.23. The quantitative estimate of drug-likeness (QED) is 0.712. The molecule has 0 saturated carbocycles. The van der Waals surface area contributed by atoms with Crippen molar-refractivity contribution >= 4 is 5.97 Å². The van der Waals surface area contributed by atoms with Crippen LogP contribution in [0.5, 0.6) is 0 Å². The van der Waals surface area contributed by atoms with Crippen LogP contribution in [-0.4, -0.2) is 66.4 Å². The number of halogens is 3. The zero-order valence-electron chi connectivity index (χ0n) is 10.1. The van der Waals surface area contributed by atoms with Gasteiger partial charge in [0.05, 0.1) is 25.9 Å². The number of nitrogens with zero attached hydrogens (tertiary/aromatic N) is 1. The van der Waals surface area contributed by atoms with Crippen molar-refractivity contribution in [2.24, 2.45) is 0 Å². The Bertz CT molecular complexity index is 364. The molecule has 0 aromatic rings. The Morgan fingerprint density at radius 1 is 1.58 bits per heavy atom. The Hall–Kier alpha value is -0.900. The predicted octanol–water partition coefficient (Wildman–Crippen LogP) is -0.142. The SMILES string of the molecule is CCOC(=O)[C@@H]1ON2CCOC[C@H]2[C@@]1(O)C(F)(F)F. The van der Waals surface area contributed by atoms with Crippen LogP contribution in [0.4, 0.5) is 13.2 Å². The third kappa shape index (κ3) is 2.20. The van der Waals surface area contributed by atoms with E-state index in [0.717, 1.165) is 5.06 Å². The number of carbonyl (C=O) groups excluding carboxylic acids is 1. The van der Waals surface area contributed by atoms with Crippen molar-refractivity contribution in [2.75, 3.05) is 26.4 Å². The molecule has 0 bridgehead atoms. The number of fused-ring (bicyclic) bond motifs is 1. The van der Waals surface area contributed by atoms with Crippen LogP contribution in [0.3, 0.4) is 0 Å². The van der Waals surface area contributed by atoms with E-state index in [4.69, 9.17) is 9.57 Å². The molecule has 1 N–H and O–H groups in total. The van der Waals surface area contributed by atoms with E-state index in [1.54, 1.807) is 0 Å². The van der Waals surface area contributed by atoms with Gasteiger partial charge in [0.2, 0.25) is 11.7 Å². The Morgan fingerprint density at radius 2 is 2.26 bits per heavy atom. The molecule has 0 unspecified atom stereocenters. The number of carbonyl (C=O) groups is 1. The molecule has 0 radical (unpaired) electrons. The van der Waals surface area contributed by atoms with Crippen LogP contribution < -0.4 is 0 Å². The molecule has 2 rings (SSSR count). The smallest absolute Gasteiger partial charge is 0.422 e. The van der Waals surface area contributed by atoms with Crippen LogP contribution in [-0.2, 0) is 19.1 Å². The van der Waals surface area contributed by atoms with Gasteiger partial charge in [-0.15, -0.1) is 0 Å². The van der Waals surface area contributed by atoms with E-state index < -0.39 is 29.9 Å².